The number of hydrogen-bond donors (Lipinski definition) is 3. The highest BCUT2D eigenvalue weighted by Gasteiger charge is 2.14. The summed E-state index contributed by atoms with van der Waals surface area (Å²) in [5, 5.41) is 18.2. The van der Waals surface area contributed by atoms with Gasteiger partial charge in [0.15, 0.2) is 0 Å². The normalized spacial score (nSPS) is 10.8. The van der Waals surface area contributed by atoms with E-state index in [1.165, 1.54) is 25.5 Å². The van der Waals surface area contributed by atoms with E-state index < -0.39 is 11.8 Å². The molecule has 28 heavy (non-hydrogen) atoms. The molecule has 2 amide bonds. The first kappa shape index (κ1) is 19.2. The molecule has 142 valence electrons. The summed E-state index contributed by atoms with van der Waals surface area (Å²) >= 11 is 5.98. The molecule has 0 aliphatic carbocycles. The molecule has 0 saturated heterocycles. The molecule has 0 unspecified atom stereocenters. The Kier molecular flexibility index (Phi) is 5.76. The van der Waals surface area contributed by atoms with E-state index in [0.717, 1.165) is 10.8 Å². The molecule has 3 aromatic carbocycles. The van der Waals surface area contributed by atoms with E-state index in [2.05, 4.69) is 15.8 Å². The summed E-state index contributed by atoms with van der Waals surface area (Å²) in [7, 11) is 1.47. The summed E-state index contributed by atoms with van der Waals surface area (Å²) in [5.74, 6) is -1.43. The molecule has 0 atom stereocenters. The number of hydrogen-bond acceptors (Lipinski definition) is 5. The zero-order valence-corrected chi connectivity index (χ0v) is 15.5. The number of methoxy groups -OCH3 is 1. The molecule has 0 fully saturated rings. The van der Waals surface area contributed by atoms with Crippen LogP contribution >= 0.6 is 11.6 Å². The average Bonchev–Trinajstić information content (AvgIpc) is 2.69. The molecule has 0 saturated carbocycles. The van der Waals surface area contributed by atoms with Crippen LogP contribution in [0, 0.1) is 0 Å². The number of phenols is 1. The van der Waals surface area contributed by atoms with Crippen molar-refractivity contribution in [3.63, 3.8) is 0 Å². The largest absolute Gasteiger partial charge is 0.507 e. The number of ether oxygens (including phenoxy) is 1. The van der Waals surface area contributed by atoms with Gasteiger partial charge in [-0.05, 0) is 35.0 Å². The molecule has 0 heterocycles. The van der Waals surface area contributed by atoms with E-state index in [9.17, 15) is 14.7 Å². The minimum Gasteiger partial charge on any atom is -0.507 e. The summed E-state index contributed by atoms with van der Waals surface area (Å²) in [6, 6.07) is 15.3. The number of hydrazone groups is 1. The lowest BCUT2D eigenvalue weighted by atomic mass is 10.0. The molecule has 0 bridgehead atoms. The summed E-state index contributed by atoms with van der Waals surface area (Å²) in [5.41, 5.74) is 2.90. The average molecular weight is 398 g/mol. The number of carbonyl (C=O) groups excluding carboxylic acids is 2. The van der Waals surface area contributed by atoms with Crippen LogP contribution < -0.4 is 15.5 Å². The van der Waals surface area contributed by atoms with Gasteiger partial charge in [-0.25, -0.2) is 5.43 Å². The van der Waals surface area contributed by atoms with E-state index in [-0.39, 0.29) is 5.75 Å². The fourth-order valence-corrected chi connectivity index (χ4v) is 2.82. The van der Waals surface area contributed by atoms with Crippen molar-refractivity contribution < 1.29 is 19.4 Å². The van der Waals surface area contributed by atoms with Gasteiger partial charge in [0, 0.05) is 11.3 Å². The molecule has 0 aromatic heterocycles. The second-order valence-electron chi connectivity index (χ2n) is 5.72. The first-order valence-corrected chi connectivity index (χ1v) is 8.56. The van der Waals surface area contributed by atoms with Crippen LogP contribution in [0.25, 0.3) is 10.8 Å². The number of phenolic OH excluding ortho intramolecular Hbond substituents is 1. The summed E-state index contributed by atoms with van der Waals surface area (Å²) in [6.45, 7) is 0. The molecule has 3 aromatic rings. The molecular formula is C20H16ClN3O4. The number of anilines is 1. The van der Waals surface area contributed by atoms with E-state index in [1.807, 2.05) is 24.3 Å². The van der Waals surface area contributed by atoms with Crippen LogP contribution in [-0.4, -0.2) is 30.2 Å². The molecule has 3 N–H and O–H groups in total. The lowest BCUT2D eigenvalue weighted by molar-refractivity contribution is -0.136. The van der Waals surface area contributed by atoms with Crippen molar-refractivity contribution in [3.05, 3.63) is 65.2 Å². The van der Waals surface area contributed by atoms with Gasteiger partial charge in [0.05, 0.1) is 18.3 Å². The van der Waals surface area contributed by atoms with Crippen molar-refractivity contribution >= 4 is 46.1 Å². The molecule has 0 aliphatic heterocycles. The maximum absolute atomic E-state index is 12.0. The zero-order valence-electron chi connectivity index (χ0n) is 14.8. The molecular weight excluding hydrogens is 382 g/mol. The highest BCUT2D eigenvalue weighted by atomic mass is 35.5. The molecule has 0 spiro atoms. The third-order valence-corrected chi connectivity index (χ3v) is 4.22. The molecule has 8 heteroatoms. The lowest BCUT2D eigenvalue weighted by Crippen LogP contribution is -2.32. The standard InChI is InChI=1S/C20H16ClN3O4/c1-28-18-9-7-13(10-16(18)21)23-19(26)20(27)24-22-11-15-14-5-3-2-4-12(14)6-8-17(15)25/h2-11,25H,1H3,(H,23,26)(H,24,27)/b22-11+. The lowest BCUT2D eigenvalue weighted by Gasteiger charge is -2.07. The number of aromatic hydroxyl groups is 1. The van der Waals surface area contributed by atoms with Crippen LogP contribution in [0.4, 0.5) is 5.69 Å². The van der Waals surface area contributed by atoms with Crippen molar-refractivity contribution in [1.82, 2.24) is 5.43 Å². The Hall–Kier alpha value is -3.58. The third kappa shape index (κ3) is 4.21. The van der Waals surface area contributed by atoms with Crippen LogP contribution in [-0.2, 0) is 9.59 Å². The number of rotatable bonds is 4. The molecule has 0 radical (unpaired) electrons. The van der Waals surface area contributed by atoms with Crippen LogP contribution in [0.2, 0.25) is 5.02 Å². The third-order valence-electron chi connectivity index (χ3n) is 3.92. The van der Waals surface area contributed by atoms with Gasteiger partial charge in [-0.1, -0.05) is 41.9 Å². The van der Waals surface area contributed by atoms with Gasteiger partial charge in [0.1, 0.15) is 11.5 Å². The quantitative estimate of drug-likeness (QED) is 0.357. The fourth-order valence-electron chi connectivity index (χ4n) is 2.56. The van der Waals surface area contributed by atoms with E-state index in [4.69, 9.17) is 16.3 Å². The highest BCUT2D eigenvalue weighted by molar-refractivity contribution is 6.40. The van der Waals surface area contributed by atoms with E-state index >= 15 is 0 Å². The Morgan fingerprint density at radius 3 is 2.64 bits per heavy atom. The van der Waals surface area contributed by atoms with Crippen molar-refractivity contribution in [2.75, 3.05) is 12.4 Å². The topological polar surface area (TPSA) is 100 Å². The first-order valence-electron chi connectivity index (χ1n) is 8.18. The molecule has 3 rings (SSSR count). The number of amides is 2. The van der Waals surface area contributed by atoms with Gasteiger partial charge in [-0.2, -0.15) is 5.10 Å². The monoisotopic (exact) mass is 397 g/mol. The minimum absolute atomic E-state index is 0.00836. The Bertz CT molecular complexity index is 1080. The second kappa shape index (κ2) is 8.41. The smallest absolute Gasteiger partial charge is 0.329 e. The van der Waals surface area contributed by atoms with Crippen LogP contribution in [0.5, 0.6) is 11.5 Å². The maximum Gasteiger partial charge on any atom is 0.329 e. The van der Waals surface area contributed by atoms with Crippen molar-refractivity contribution in [2.24, 2.45) is 5.10 Å². The van der Waals surface area contributed by atoms with Crippen molar-refractivity contribution in [3.8, 4) is 11.5 Å². The van der Waals surface area contributed by atoms with E-state index in [1.54, 1.807) is 18.2 Å². The number of fused-ring (bicyclic) bond motifs is 1. The molecule has 0 aliphatic rings. The summed E-state index contributed by atoms with van der Waals surface area (Å²) in [6.07, 6.45) is 1.28. The number of nitrogens with one attached hydrogen (secondary N) is 2. The number of nitrogens with zero attached hydrogens (tertiary/aromatic N) is 1. The summed E-state index contributed by atoms with van der Waals surface area (Å²) in [4.78, 5) is 23.9. The predicted octanol–water partition coefficient (Wildman–Crippen LogP) is 3.30. The second-order valence-corrected chi connectivity index (χ2v) is 6.13. The van der Waals surface area contributed by atoms with Crippen LogP contribution in [0.1, 0.15) is 5.56 Å². The van der Waals surface area contributed by atoms with Gasteiger partial charge >= 0.3 is 11.8 Å². The van der Waals surface area contributed by atoms with E-state index in [0.29, 0.717) is 22.0 Å². The minimum atomic E-state index is -0.970. The number of carbonyl (C=O) groups is 2. The van der Waals surface area contributed by atoms with Crippen molar-refractivity contribution in [1.29, 1.82) is 0 Å². The Morgan fingerprint density at radius 1 is 1.11 bits per heavy atom. The number of halogens is 1. The first-order chi connectivity index (χ1) is 13.5. The van der Waals surface area contributed by atoms with Gasteiger partial charge in [-0.3, -0.25) is 9.59 Å². The fraction of sp³-hybridized carbons (Fsp3) is 0.0500. The maximum atomic E-state index is 12.0. The number of benzene rings is 3. The Morgan fingerprint density at radius 2 is 1.89 bits per heavy atom. The summed E-state index contributed by atoms with van der Waals surface area (Å²) < 4.78 is 5.02. The Labute approximate surface area is 165 Å². The van der Waals surface area contributed by atoms with Gasteiger partial charge in [0.2, 0.25) is 0 Å². The Balaban J connectivity index is 1.68. The zero-order chi connectivity index (χ0) is 20.1. The SMILES string of the molecule is COc1ccc(NC(=O)C(=O)N/N=C/c2c(O)ccc3ccccc23)cc1Cl. The van der Waals surface area contributed by atoms with Crippen LogP contribution in [0.3, 0.4) is 0 Å². The van der Waals surface area contributed by atoms with Gasteiger partial charge < -0.3 is 15.2 Å². The van der Waals surface area contributed by atoms with Gasteiger partial charge in [-0.15, -0.1) is 0 Å². The van der Waals surface area contributed by atoms with Gasteiger partial charge in [0.25, 0.3) is 0 Å². The predicted molar refractivity (Wildman–Crippen MR) is 108 cm³/mol. The molecule has 7 nitrogen and oxygen atoms in total. The van der Waals surface area contributed by atoms with Crippen molar-refractivity contribution in [2.45, 2.75) is 0 Å². The highest BCUT2D eigenvalue weighted by Crippen LogP contribution is 2.27. The van der Waals surface area contributed by atoms with Crippen LogP contribution in [0.15, 0.2) is 59.7 Å².